The maximum atomic E-state index is 13.4. The van der Waals surface area contributed by atoms with Gasteiger partial charge in [-0.1, -0.05) is 36.6 Å². The molecule has 1 aliphatic heterocycles. The molecule has 136 valence electrons. The second-order valence-corrected chi connectivity index (χ2v) is 7.47. The molecule has 0 spiro atoms. The van der Waals surface area contributed by atoms with Gasteiger partial charge in [0.05, 0.1) is 12.0 Å². The van der Waals surface area contributed by atoms with E-state index >= 15 is 0 Å². The molecular formula is C19H26ClN3O2. The number of benzene rings is 1. The largest absolute Gasteiger partial charge is 0.358 e. The van der Waals surface area contributed by atoms with Gasteiger partial charge >= 0.3 is 0 Å². The lowest BCUT2D eigenvalue weighted by atomic mass is 9.77. The van der Waals surface area contributed by atoms with Gasteiger partial charge in [-0.2, -0.15) is 0 Å². The Bertz CT molecular complexity index is 618. The summed E-state index contributed by atoms with van der Waals surface area (Å²) in [5, 5.41) is 3.35. The molecule has 2 aliphatic rings. The second-order valence-electron chi connectivity index (χ2n) is 7.04. The summed E-state index contributed by atoms with van der Waals surface area (Å²) in [6.45, 7) is 3.27. The summed E-state index contributed by atoms with van der Waals surface area (Å²) in [4.78, 5) is 29.0. The number of piperazine rings is 1. The SMILES string of the molecule is CNC(=O)CN1CCN(C(=O)C2(c3ccc(Cl)cc3)CCCC2)CC1. The normalized spacial score (nSPS) is 20.5. The third-order valence-corrected chi connectivity index (χ3v) is 5.82. The molecule has 1 aliphatic carbocycles. The molecular weight excluding hydrogens is 338 g/mol. The van der Waals surface area contributed by atoms with Crippen LogP contribution in [-0.2, 0) is 15.0 Å². The van der Waals surface area contributed by atoms with E-state index in [4.69, 9.17) is 11.6 Å². The Morgan fingerprint density at radius 1 is 1.08 bits per heavy atom. The van der Waals surface area contributed by atoms with E-state index in [1.165, 1.54) is 0 Å². The summed E-state index contributed by atoms with van der Waals surface area (Å²) in [5.41, 5.74) is 0.695. The van der Waals surface area contributed by atoms with E-state index in [-0.39, 0.29) is 11.8 Å². The van der Waals surface area contributed by atoms with Crippen LogP contribution in [0.25, 0.3) is 0 Å². The number of carbonyl (C=O) groups is 2. The Morgan fingerprint density at radius 3 is 2.24 bits per heavy atom. The van der Waals surface area contributed by atoms with Crippen LogP contribution in [0.1, 0.15) is 31.2 Å². The zero-order chi connectivity index (χ0) is 17.9. The molecule has 0 radical (unpaired) electrons. The van der Waals surface area contributed by atoms with Gasteiger partial charge in [-0.25, -0.2) is 0 Å². The number of nitrogens with one attached hydrogen (secondary N) is 1. The summed E-state index contributed by atoms with van der Waals surface area (Å²) in [6.07, 6.45) is 3.99. The van der Waals surface area contributed by atoms with E-state index < -0.39 is 5.41 Å². The van der Waals surface area contributed by atoms with Gasteiger partial charge in [0.15, 0.2) is 0 Å². The molecule has 0 bridgehead atoms. The van der Waals surface area contributed by atoms with Crippen LogP contribution in [0.4, 0.5) is 0 Å². The Kier molecular flexibility index (Phi) is 5.64. The summed E-state index contributed by atoms with van der Waals surface area (Å²) in [6, 6.07) is 7.78. The number of nitrogens with zero attached hydrogens (tertiary/aromatic N) is 2. The quantitative estimate of drug-likeness (QED) is 0.890. The van der Waals surface area contributed by atoms with Crippen LogP contribution in [0.5, 0.6) is 0 Å². The molecule has 2 fully saturated rings. The highest BCUT2D eigenvalue weighted by atomic mass is 35.5. The molecule has 1 saturated heterocycles. The van der Waals surface area contributed by atoms with Gasteiger partial charge in [0, 0.05) is 38.2 Å². The molecule has 0 unspecified atom stereocenters. The molecule has 1 aromatic carbocycles. The third-order valence-electron chi connectivity index (χ3n) is 5.57. The van der Waals surface area contributed by atoms with Gasteiger partial charge in [-0.15, -0.1) is 0 Å². The molecule has 0 aromatic heterocycles. The fourth-order valence-corrected chi connectivity index (χ4v) is 4.19. The first-order valence-electron chi connectivity index (χ1n) is 9.03. The lowest BCUT2D eigenvalue weighted by Crippen LogP contribution is -2.55. The van der Waals surface area contributed by atoms with Gasteiger partial charge in [0.1, 0.15) is 0 Å². The summed E-state index contributed by atoms with van der Waals surface area (Å²) in [5.74, 6) is 0.264. The molecule has 25 heavy (non-hydrogen) atoms. The highest BCUT2D eigenvalue weighted by molar-refractivity contribution is 6.30. The van der Waals surface area contributed by atoms with Crippen molar-refractivity contribution < 1.29 is 9.59 Å². The van der Waals surface area contributed by atoms with Crippen molar-refractivity contribution in [2.75, 3.05) is 39.8 Å². The molecule has 3 rings (SSSR count). The predicted octanol–water partition coefficient (Wildman–Crippen LogP) is 2.04. The molecule has 0 atom stereocenters. The predicted molar refractivity (Wildman–Crippen MR) is 98.7 cm³/mol. The van der Waals surface area contributed by atoms with Crippen molar-refractivity contribution in [3.8, 4) is 0 Å². The van der Waals surface area contributed by atoms with E-state index in [0.29, 0.717) is 24.7 Å². The minimum Gasteiger partial charge on any atom is -0.358 e. The van der Waals surface area contributed by atoms with Crippen molar-refractivity contribution in [2.24, 2.45) is 0 Å². The first-order chi connectivity index (χ1) is 12.0. The topological polar surface area (TPSA) is 52.7 Å². The Labute approximate surface area is 154 Å². The number of amides is 2. The molecule has 2 amide bonds. The van der Waals surface area contributed by atoms with Gasteiger partial charge < -0.3 is 10.2 Å². The molecule has 5 nitrogen and oxygen atoms in total. The number of hydrogen-bond acceptors (Lipinski definition) is 3. The number of carbonyl (C=O) groups excluding carboxylic acids is 2. The zero-order valence-corrected chi connectivity index (χ0v) is 15.5. The molecule has 6 heteroatoms. The number of likely N-dealkylation sites (N-methyl/N-ethyl adjacent to an activating group) is 1. The van der Waals surface area contributed by atoms with Crippen molar-refractivity contribution in [3.63, 3.8) is 0 Å². The smallest absolute Gasteiger partial charge is 0.233 e. The van der Waals surface area contributed by atoms with Crippen LogP contribution in [0.3, 0.4) is 0 Å². The Morgan fingerprint density at radius 2 is 1.68 bits per heavy atom. The zero-order valence-electron chi connectivity index (χ0n) is 14.8. The van der Waals surface area contributed by atoms with Crippen LogP contribution >= 0.6 is 11.6 Å². The number of halogens is 1. The van der Waals surface area contributed by atoms with Crippen molar-refractivity contribution in [2.45, 2.75) is 31.1 Å². The van der Waals surface area contributed by atoms with Crippen molar-refractivity contribution >= 4 is 23.4 Å². The van der Waals surface area contributed by atoms with Crippen LogP contribution in [0.2, 0.25) is 5.02 Å². The average molecular weight is 364 g/mol. The minimum atomic E-state index is -0.395. The lowest BCUT2D eigenvalue weighted by molar-refractivity contribution is -0.139. The van der Waals surface area contributed by atoms with Crippen LogP contribution < -0.4 is 5.32 Å². The first kappa shape index (κ1) is 18.2. The highest BCUT2D eigenvalue weighted by Gasteiger charge is 2.45. The maximum Gasteiger partial charge on any atom is 0.233 e. The van der Waals surface area contributed by atoms with Gasteiger partial charge in [-0.3, -0.25) is 14.5 Å². The lowest BCUT2D eigenvalue weighted by Gasteiger charge is -2.40. The fourth-order valence-electron chi connectivity index (χ4n) is 4.07. The van der Waals surface area contributed by atoms with Crippen molar-refractivity contribution in [3.05, 3.63) is 34.9 Å². The van der Waals surface area contributed by atoms with Gasteiger partial charge in [0.25, 0.3) is 0 Å². The van der Waals surface area contributed by atoms with E-state index in [1.807, 2.05) is 29.2 Å². The molecule has 1 N–H and O–H groups in total. The number of rotatable bonds is 4. The van der Waals surface area contributed by atoms with E-state index in [1.54, 1.807) is 7.05 Å². The van der Waals surface area contributed by atoms with Crippen LogP contribution in [-0.4, -0.2) is 61.4 Å². The van der Waals surface area contributed by atoms with E-state index in [2.05, 4.69) is 10.2 Å². The van der Waals surface area contributed by atoms with Crippen LogP contribution in [0.15, 0.2) is 24.3 Å². The van der Waals surface area contributed by atoms with E-state index in [0.717, 1.165) is 44.3 Å². The molecule has 1 aromatic rings. The minimum absolute atomic E-state index is 0.0215. The van der Waals surface area contributed by atoms with Crippen molar-refractivity contribution in [1.29, 1.82) is 0 Å². The highest BCUT2D eigenvalue weighted by Crippen LogP contribution is 2.43. The maximum absolute atomic E-state index is 13.4. The molecule has 1 saturated carbocycles. The third kappa shape index (κ3) is 3.82. The Hall–Kier alpha value is -1.59. The second kappa shape index (κ2) is 7.75. The van der Waals surface area contributed by atoms with E-state index in [9.17, 15) is 9.59 Å². The summed E-state index contributed by atoms with van der Waals surface area (Å²) in [7, 11) is 1.65. The summed E-state index contributed by atoms with van der Waals surface area (Å²) < 4.78 is 0. The van der Waals surface area contributed by atoms with Gasteiger partial charge in [-0.05, 0) is 30.5 Å². The Balaban J connectivity index is 1.70. The summed E-state index contributed by atoms with van der Waals surface area (Å²) >= 11 is 6.03. The standard InChI is InChI=1S/C19H26ClN3O2/c1-21-17(24)14-22-10-12-23(13-11-22)18(25)19(8-2-3-9-19)15-4-6-16(20)7-5-15/h4-7H,2-3,8-14H2,1H3,(H,21,24). The fraction of sp³-hybridized carbons (Fsp3) is 0.579. The molecule has 1 heterocycles. The van der Waals surface area contributed by atoms with Gasteiger partial charge in [0.2, 0.25) is 11.8 Å². The first-order valence-corrected chi connectivity index (χ1v) is 9.41. The van der Waals surface area contributed by atoms with Crippen LogP contribution in [0, 0.1) is 0 Å². The van der Waals surface area contributed by atoms with Crippen molar-refractivity contribution in [1.82, 2.24) is 15.1 Å². The average Bonchev–Trinajstić information content (AvgIpc) is 3.13. The monoisotopic (exact) mass is 363 g/mol. The number of hydrogen-bond donors (Lipinski definition) is 1.